The number of nitriles is 1. The molecular formula is C24H25NO3. The van der Waals surface area contributed by atoms with Gasteiger partial charge in [0.05, 0.1) is 5.92 Å². The van der Waals surface area contributed by atoms with Gasteiger partial charge in [0.25, 0.3) is 0 Å². The minimum Gasteiger partial charge on any atom is -0.457 e. The predicted molar refractivity (Wildman–Crippen MR) is 108 cm³/mol. The molecule has 0 heterocycles. The first kappa shape index (κ1) is 19.7. The zero-order valence-corrected chi connectivity index (χ0v) is 16.7. The van der Waals surface area contributed by atoms with E-state index in [-0.39, 0.29) is 23.2 Å². The number of nitrogens with zero attached hydrogens (tertiary/aromatic N) is 1. The number of ether oxygens (including phenoxy) is 2. The maximum absolute atomic E-state index is 12.7. The van der Waals surface area contributed by atoms with Crippen LogP contribution in [0.1, 0.15) is 39.4 Å². The van der Waals surface area contributed by atoms with Crippen molar-refractivity contribution in [2.45, 2.75) is 33.8 Å². The maximum Gasteiger partial charge on any atom is 0.311 e. The highest BCUT2D eigenvalue weighted by Crippen LogP contribution is 2.60. The van der Waals surface area contributed by atoms with Crippen LogP contribution in [0.4, 0.5) is 0 Å². The van der Waals surface area contributed by atoms with Crippen molar-refractivity contribution < 1.29 is 14.3 Å². The van der Waals surface area contributed by atoms with Gasteiger partial charge >= 0.3 is 5.97 Å². The molecule has 0 aromatic heterocycles. The predicted octanol–water partition coefficient (Wildman–Crippen LogP) is 5.83. The number of esters is 1. The fourth-order valence-corrected chi connectivity index (χ4v) is 3.52. The summed E-state index contributed by atoms with van der Waals surface area (Å²) in [6.45, 7) is 8.15. The molecule has 0 aliphatic heterocycles. The first-order chi connectivity index (χ1) is 13.3. The summed E-state index contributed by atoms with van der Waals surface area (Å²) < 4.78 is 11.4. The van der Waals surface area contributed by atoms with Crippen LogP contribution < -0.4 is 4.74 Å². The molecule has 2 aromatic rings. The van der Waals surface area contributed by atoms with Gasteiger partial charge in [-0.05, 0) is 49.4 Å². The summed E-state index contributed by atoms with van der Waals surface area (Å²) in [5.41, 5.74) is 1.63. The van der Waals surface area contributed by atoms with Crippen LogP contribution in [-0.4, -0.2) is 5.97 Å². The van der Waals surface area contributed by atoms with Crippen molar-refractivity contribution in [2.24, 2.45) is 17.3 Å². The molecule has 4 heteroatoms. The molecule has 0 spiro atoms. The second-order valence-electron chi connectivity index (χ2n) is 8.00. The molecule has 4 nitrogen and oxygen atoms in total. The Hall–Kier alpha value is -3.06. The molecule has 28 heavy (non-hydrogen) atoms. The molecule has 144 valence electrons. The molecule has 0 N–H and O–H groups in total. The van der Waals surface area contributed by atoms with Crippen molar-refractivity contribution in [3.8, 4) is 17.6 Å². The third-order valence-corrected chi connectivity index (χ3v) is 5.17. The van der Waals surface area contributed by atoms with Crippen molar-refractivity contribution in [1.29, 1.82) is 5.26 Å². The van der Waals surface area contributed by atoms with Crippen LogP contribution in [0.2, 0.25) is 0 Å². The Balaban J connectivity index is 1.72. The van der Waals surface area contributed by atoms with E-state index < -0.39 is 6.10 Å². The van der Waals surface area contributed by atoms with Gasteiger partial charge in [-0.25, -0.2) is 0 Å². The van der Waals surface area contributed by atoms with Crippen molar-refractivity contribution in [1.82, 2.24) is 0 Å². The Morgan fingerprint density at radius 3 is 2.43 bits per heavy atom. The van der Waals surface area contributed by atoms with E-state index in [4.69, 9.17) is 9.47 Å². The fraction of sp³-hybridized carbons (Fsp3) is 0.333. The molecular weight excluding hydrogens is 350 g/mol. The number of para-hydroxylation sites is 1. The van der Waals surface area contributed by atoms with E-state index in [1.807, 2.05) is 50.2 Å². The summed E-state index contributed by atoms with van der Waals surface area (Å²) >= 11 is 0. The molecule has 0 unspecified atom stereocenters. The van der Waals surface area contributed by atoms with Crippen molar-refractivity contribution in [2.75, 3.05) is 0 Å². The second kappa shape index (κ2) is 7.90. The van der Waals surface area contributed by atoms with Gasteiger partial charge in [0.1, 0.15) is 17.6 Å². The van der Waals surface area contributed by atoms with Gasteiger partial charge in [0.2, 0.25) is 6.10 Å². The fourth-order valence-electron chi connectivity index (χ4n) is 3.52. The summed E-state index contributed by atoms with van der Waals surface area (Å²) in [5.74, 6) is 0.899. The smallest absolute Gasteiger partial charge is 0.311 e. The maximum atomic E-state index is 12.7. The van der Waals surface area contributed by atoms with E-state index in [1.165, 1.54) is 5.57 Å². The minimum absolute atomic E-state index is 0.146. The largest absolute Gasteiger partial charge is 0.457 e. The van der Waals surface area contributed by atoms with Gasteiger partial charge in [-0.3, -0.25) is 4.79 Å². The first-order valence-corrected chi connectivity index (χ1v) is 9.41. The van der Waals surface area contributed by atoms with E-state index >= 15 is 0 Å². The summed E-state index contributed by atoms with van der Waals surface area (Å²) in [6, 6.07) is 18.6. The third-order valence-electron chi connectivity index (χ3n) is 5.17. The normalized spacial score (nSPS) is 20.4. The summed E-state index contributed by atoms with van der Waals surface area (Å²) in [4.78, 5) is 12.7. The van der Waals surface area contributed by atoms with Crippen LogP contribution in [0, 0.1) is 28.6 Å². The van der Waals surface area contributed by atoms with Gasteiger partial charge < -0.3 is 9.47 Å². The Bertz CT molecular complexity index is 920. The lowest BCUT2D eigenvalue weighted by Gasteiger charge is -2.13. The van der Waals surface area contributed by atoms with Crippen LogP contribution in [-0.2, 0) is 9.53 Å². The van der Waals surface area contributed by atoms with Crippen LogP contribution in [0.25, 0.3) is 0 Å². The lowest BCUT2D eigenvalue weighted by atomic mass is 10.1. The molecule has 1 aliphatic carbocycles. The van der Waals surface area contributed by atoms with E-state index in [0.29, 0.717) is 17.1 Å². The molecule has 1 fully saturated rings. The number of carbonyl (C=O) groups excluding carboxylic acids is 1. The zero-order valence-electron chi connectivity index (χ0n) is 16.7. The lowest BCUT2D eigenvalue weighted by Crippen LogP contribution is -2.14. The molecule has 2 aromatic carbocycles. The molecule has 1 saturated carbocycles. The Morgan fingerprint density at radius 1 is 1.11 bits per heavy atom. The van der Waals surface area contributed by atoms with Gasteiger partial charge in [0, 0.05) is 5.56 Å². The topological polar surface area (TPSA) is 59.3 Å². The Labute approximate surface area is 166 Å². The average Bonchev–Trinajstić information content (AvgIpc) is 3.20. The molecule has 1 aliphatic rings. The Kier molecular flexibility index (Phi) is 5.56. The molecule has 3 atom stereocenters. The number of hydrogen-bond acceptors (Lipinski definition) is 4. The van der Waals surface area contributed by atoms with Gasteiger partial charge in [-0.1, -0.05) is 55.8 Å². The van der Waals surface area contributed by atoms with Gasteiger partial charge in [0.15, 0.2) is 0 Å². The summed E-state index contributed by atoms with van der Waals surface area (Å²) in [5, 5.41) is 9.57. The molecule has 0 radical (unpaired) electrons. The second-order valence-corrected chi connectivity index (χ2v) is 8.00. The quantitative estimate of drug-likeness (QED) is 0.471. The number of allylic oxidation sites excluding steroid dienone is 2. The van der Waals surface area contributed by atoms with Crippen LogP contribution >= 0.6 is 0 Å². The van der Waals surface area contributed by atoms with Crippen LogP contribution in [0.15, 0.2) is 66.2 Å². The third kappa shape index (κ3) is 4.26. The highest BCUT2D eigenvalue weighted by atomic mass is 16.5. The van der Waals surface area contributed by atoms with E-state index in [1.54, 1.807) is 18.2 Å². The number of carbonyl (C=O) groups is 1. The van der Waals surface area contributed by atoms with E-state index in [0.717, 1.165) is 0 Å². The van der Waals surface area contributed by atoms with Gasteiger partial charge in [-0.2, -0.15) is 5.26 Å². The first-order valence-electron chi connectivity index (χ1n) is 9.41. The number of benzene rings is 2. The monoisotopic (exact) mass is 375 g/mol. The van der Waals surface area contributed by atoms with E-state index in [2.05, 4.69) is 26.0 Å². The van der Waals surface area contributed by atoms with Crippen molar-refractivity contribution in [3.63, 3.8) is 0 Å². The average molecular weight is 375 g/mol. The van der Waals surface area contributed by atoms with Gasteiger partial charge in [-0.15, -0.1) is 0 Å². The van der Waals surface area contributed by atoms with Crippen LogP contribution in [0.3, 0.4) is 0 Å². The zero-order chi connectivity index (χ0) is 20.3. The number of hydrogen-bond donors (Lipinski definition) is 0. The van der Waals surface area contributed by atoms with Crippen molar-refractivity contribution in [3.05, 3.63) is 71.8 Å². The summed E-state index contributed by atoms with van der Waals surface area (Å²) in [6.07, 6.45) is 1.15. The highest BCUT2D eigenvalue weighted by Gasteiger charge is 2.61. The SMILES string of the molecule is CC(C)=C[C@H]1[C@@H](C(=O)O[C@@H](C#N)c2cccc(Oc3ccccc3)c2)C1(C)C. The highest BCUT2D eigenvalue weighted by molar-refractivity contribution is 5.78. The lowest BCUT2D eigenvalue weighted by molar-refractivity contribution is -0.149. The molecule has 0 bridgehead atoms. The van der Waals surface area contributed by atoms with Crippen molar-refractivity contribution >= 4 is 5.97 Å². The summed E-state index contributed by atoms with van der Waals surface area (Å²) in [7, 11) is 0. The number of rotatable bonds is 6. The standard InChI is InChI=1S/C24H25NO3/c1-16(2)13-20-22(24(20,3)4)23(26)28-21(15-25)17-9-8-12-19(14-17)27-18-10-6-5-7-11-18/h5-14,20-22H,1-4H3/t20-,21-,22-/m0/s1. The Morgan fingerprint density at radius 2 is 1.79 bits per heavy atom. The molecule has 0 saturated heterocycles. The van der Waals surface area contributed by atoms with E-state index in [9.17, 15) is 10.1 Å². The molecule has 0 amide bonds. The van der Waals surface area contributed by atoms with Crippen LogP contribution in [0.5, 0.6) is 11.5 Å². The minimum atomic E-state index is -0.962. The molecule has 3 rings (SSSR count).